The Labute approximate surface area is 155 Å². The maximum Gasteiger partial charge on any atom is 0.305 e. The van der Waals surface area contributed by atoms with Crippen LogP contribution in [0, 0.1) is 0 Å². The van der Waals surface area contributed by atoms with Crippen LogP contribution in [0.1, 0.15) is 13.3 Å². The van der Waals surface area contributed by atoms with Gasteiger partial charge in [0, 0.05) is 23.5 Å². The molecule has 6 nitrogen and oxygen atoms in total. The zero-order chi connectivity index (χ0) is 18.2. The van der Waals surface area contributed by atoms with Crippen molar-refractivity contribution in [1.82, 2.24) is 5.43 Å². The van der Waals surface area contributed by atoms with Crippen molar-refractivity contribution in [3.8, 4) is 0 Å². The van der Waals surface area contributed by atoms with Gasteiger partial charge in [-0.15, -0.1) is 0 Å². The maximum atomic E-state index is 12.0. The molecular weight excluding hydrogens is 363 g/mol. The highest BCUT2D eigenvalue weighted by Crippen LogP contribution is 2.24. The van der Waals surface area contributed by atoms with Gasteiger partial charge < -0.3 is 5.32 Å². The number of aromatic nitrogens is 1. The SMILES string of the molecule is C/C(CC(=O)Nc1ccc(Cl)c(Cl)c1)=N\NC(=O)C[n+]1ccccc1. The molecule has 1 aromatic carbocycles. The largest absolute Gasteiger partial charge is 0.326 e. The van der Waals surface area contributed by atoms with E-state index in [-0.39, 0.29) is 24.8 Å². The van der Waals surface area contributed by atoms with Crippen LogP contribution in [-0.4, -0.2) is 17.5 Å². The first-order chi connectivity index (χ1) is 11.9. The quantitative estimate of drug-likeness (QED) is 0.460. The number of nitrogens with zero attached hydrogens (tertiary/aromatic N) is 2. The molecule has 0 aliphatic rings. The highest BCUT2D eigenvalue weighted by molar-refractivity contribution is 6.42. The molecule has 0 unspecified atom stereocenters. The van der Waals surface area contributed by atoms with E-state index in [0.29, 0.717) is 21.4 Å². The lowest BCUT2D eigenvalue weighted by atomic mass is 10.2. The minimum atomic E-state index is -0.277. The maximum absolute atomic E-state index is 12.0. The topological polar surface area (TPSA) is 74.4 Å². The van der Waals surface area contributed by atoms with E-state index in [2.05, 4.69) is 15.8 Å². The molecule has 0 radical (unpaired) electrons. The van der Waals surface area contributed by atoms with E-state index >= 15 is 0 Å². The average Bonchev–Trinajstić information content (AvgIpc) is 2.57. The first-order valence-corrected chi connectivity index (χ1v) is 8.20. The van der Waals surface area contributed by atoms with E-state index < -0.39 is 0 Å². The van der Waals surface area contributed by atoms with Crippen molar-refractivity contribution in [2.45, 2.75) is 19.9 Å². The lowest BCUT2D eigenvalue weighted by molar-refractivity contribution is -0.684. The van der Waals surface area contributed by atoms with Crippen LogP contribution >= 0.6 is 23.2 Å². The number of anilines is 1. The predicted molar refractivity (Wildman–Crippen MR) is 97.6 cm³/mol. The van der Waals surface area contributed by atoms with Gasteiger partial charge in [0.1, 0.15) is 0 Å². The third-order valence-electron chi connectivity index (χ3n) is 3.09. The molecule has 8 heteroatoms. The fraction of sp³-hybridized carbons (Fsp3) is 0.176. The van der Waals surface area contributed by atoms with Gasteiger partial charge in [-0.25, -0.2) is 5.43 Å². The van der Waals surface area contributed by atoms with E-state index in [9.17, 15) is 9.59 Å². The number of rotatable bonds is 6. The number of hydrogen-bond acceptors (Lipinski definition) is 3. The van der Waals surface area contributed by atoms with Crippen molar-refractivity contribution in [2.75, 3.05) is 5.32 Å². The summed E-state index contributed by atoms with van der Waals surface area (Å²) in [6.07, 6.45) is 3.60. The molecule has 1 heterocycles. The summed E-state index contributed by atoms with van der Waals surface area (Å²) < 4.78 is 1.72. The molecule has 0 fully saturated rings. The summed E-state index contributed by atoms with van der Waals surface area (Å²) in [5.74, 6) is -0.549. The van der Waals surface area contributed by atoms with Crippen LogP contribution < -0.4 is 15.3 Å². The average molecular weight is 380 g/mol. The number of hydrazone groups is 1. The van der Waals surface area contributed by atoms with Crippen LogP contribution in [0.2, 0.25) is 10.0 Å². The standard InChI is InChI=1S/C17H16Cl2N4O2/c1-12(21-22-17(25)11-23-7-3-2-4-8-23)9-16(24)20-13-5-6-14(18)15(19)10-13/h2-8,10H,9,11H2,1H3,(H-,20,22,24,25)/p+1/b21-12+. The van der Waals surface area contributed by atoms with Gasteiger partial charge in [-0.05, 0) is 25.1 Å². The molecule has 25 heavy (non-hydrogen) atoms. The summed E-state index contributed by atoms with van der Waals surface area (Å²) in [4.78, 5) is 23.8. The number of pyridine rings is 1. The van der Waals surface area contributed by atoms with Crippen LogP contribution in [0.15, 0.2) is 53.9 Å². The third kappa shape index (κ3) is 6.52. The molecule has 0 saturated heterocycles. The normalized spacial score (nSPS) is 11.1. The van der Waals surface area contributed by atoms with Crippen molar-refractivity contribution < 1.29 is 14.2 Å². The van der Waals surface area contributed by atoms with Crippen molar-refractivity contribution in [1.29, 1.82) is 0 Å². The van der Waals surface area contributed by atoms with Crippen LogP contribution in [0.3, 0.4) is 0 Å². The number of carbonyl (C=O) groups is 2. The molecule has 2 rings (SSSR count). The van der Waals surface area contributed by atoms with E-state index in [1.807, 2.05) is 18.2 Å². The predicted octanol–water partition coefficient (Wildman–Crippen LogP) is 2.80. The van der Waals surface area contributed by atoms with Gasteiger partial charge in [-0.1, -0.05) is 29.3 Å². The molecule has 0 bridgehead atoms. The second-order valence-electron chi connectivity index (χ2n) is 5.28. The first-order valence-electron chi connectivity index (χ1n) is 7.45. The minimum absolute atomic E-state index is 0.0407. The van der Waals surface area contributed by atoms with E-state index in [1.54, 1.807) is 42.1 Å². The van der Waals surface area contributed by atoms with Gasteiger partial charge in [0.2, 0.25) is 12.5 Å². The number of carbonyl (C=O) groups excluding carboxylic acids is 2. The van der Waals surface area contributed by atoms with Crippen LogP contribution in [0.4, 0.5) is 5.69 Å². The van der Waals surface area contributed by atoms with Crippen molar-refractivity contribution in [3.63, 3.8) is 0 Å². The van der Waals surface area contributed by atoms with E-state index in [0.717, 1.165) is 0 Å². The van der Waals surface area contributed by atoms with E-state index in [4.69, 9.17) is 23.2 Å². The van der Waals surface area contributed by atoms with E-state index in [1.165, 1.54) is 0 Å². The van der Waals surface area contributed by atoms with Gasteiger partial charge in [0.05, 0.1) is 16.5 Å². The highest BCUT2D eigenvalue weighted by atomic mass is 35.5. The number of benzene rings is 1. The Morgan fingerprint density at radius 1 is 1.08 bits per heavy atom. The Morgan fingerprint density at radius 2 is 1.80 bits per heavy atom. The summed E-state index contributed by atoms with van der Waals surface area (Å²) in [6.45, 7) is 1.80. The Bertz CT molecular complexity index is 794. The molecule has 2 amide bonds. The summed E-state index contributed by atoms with van der Waals surface area (Å²) in [5, 5.41) is 7.39. The third-order valence-corrected chi connectivity index (χ3v) is 3.83. The van der Waals surface area contributed by atoms with Gasteiger partial charge in [-0.2, -0.15) is 9.67 Å². The van der Waals surface area contributed by atoms with Crippen LogP contribution in [-0.2, 0) is 16.1 Å². The number of amides is 2. The lowest BCUT2D eigenvalue weighted by Crippen LogP contribution is -2.41. The molecule has 2 aromatic rings. The van der Waals surface area contributed by atoms with Crippen molar-refractivity contribution >= 4 is 46.4 Å². The molecule has 0 spiro atoms. The van der Waals surface area contributed by atoms with Gasteiger partial charge in [0.25, 0.3) is 0 Å². The fourth-order valence-electron chi connectivity index (χ4n) is 1.95. The molecule has 2 N–H and O–H groups in total. The first kappa shape index (κ1) is 18.9. The Kier molecular flexibility index (Phi) is 6.91. The Hall–Kier alpha value is -2.44. The van der Waals surface area contributed by atoms with Gasteiger partial charge in [-0.3, -0.25) is 9.59 Å². The Morgan fingerprint density at radius 3 is 2.48 bits per heavy atom. The van der Waals surface area contributed by atoms with Crippen LogP contribution in [0.5, 0.6) is 0 Å². The smallest absolute Gasteiger partial charge is 0.305 e. The molecule has 0 saturated carbocycles. The summed E-state index contributed by atoms with van der Waals surface area (Å²) in [5.41, 5.74) is 3.44. The monoisotopic (exact) mass is 379 g/mol. The second kappa shape index (κ2) is 9.15. The molecule has 1 aromatic heterocycles. The van der Waals surface area contributed by atoms with Gasteiger partial charge >= 0.3 is 5.91 Å². The number of halogens is 2. The molecule has 0 atom stereocenters. The number of nitrogens with one attached hydrogen (secondary N) is 2. The Balaban J connectivity index is 1.82. The summed E-state index contributed by atoms with van der Waals surface area (Å²) >= 11 is 11.7. The molecular formula is C17H17Cl2N4O2+. The van der Waals surface area contributed by atoms with Crippen molar-refractivity contribution in [3.05, 3.63) is 58.8 Å². The molecule has 130 valence electrons. The van der Waals surface area contributed by atoms with Crippen LogP contribution in [0.25, 0.3) is 0 Å². The second-order valence-corrected chi connectivity index (χ2v) is 6.10. The summed E-state index contributed by atoms with van der Waals surface area (Å²) in [7, 11) is 0. The minimum Gasteiger partial charge on any atom is -0.326 e. The van der Waals surface area contributed by atoms with Crippen molar-refractivity contribution in [2.24, 2.45) is 5.10 Å². The fourth-order valence-corrected chi connectivity index (χ4v) is 2.25. The zero-order valence-corrected chi connectivity index (χ0v) is 15.0. The zero-order valence-electron chi connectivity index (χ0n) is 13.5. The number of hydrogen-bond donors (Lipinski definition) is 2. The molecule has 0 aliphatic heterocycles. The molecule has 0 aliphatic carbocycles. The lowest BCUT2D eigenvalue weighted by Gasteiger charge is -2.06. The highest BCUT2D eigenvalue weighted by Gasteiger charge is 2.09. The van der Waals surface area contributed by atoms with Gasteiger partial charge in [0.15, 0.2) is 12.4 Å². The summed E-state index contributed by atoms with van der Waals surface area (Å²) in [6, 6.07) is 10.3.